The fourth-order valence-corrected chi connectivity index (χ4v) is 2.76. The highest BCUT2D eigenvalue weighted by Crippen LogP contribution is 2.27. The Morgan fingerprint density at radius 3 is 2.77 bits per heavy atom. The summed E-state index contributed by atoms with van der Waals surface area (Å²) >= 11 is 0. The highest BCUT2D eigenvalue weighted by Gasteiger charge is 2.22. The molecule has 0 radical (unpaired) electrons. The molecule has 0 atom stereocenters. The van der Waals surface area contributed by atoms with Gasteiger partial charge in [0, 0.05) is 36.5 Å². The van der Waals surface area contributed by atoms with Crippen LogP contribution in [0.4, 0.5) is 5.69 Å². The number of aromatic nitrogens is 1. The van der Waals surface area contributed by atoms with Crippen LogP contribution in [0, 0.1) is 11.3 Å². The molecule has 2 N–H and O–H groups in total. The first-order valence-electron chi connectivity index (χ1n) is 7.55. The second-order valence-electron chi connectivity index (χ2n) is 5.48. The number of nitrogens with zero attached hydrogens (tertiary/aromatic N) is 2. The third-order valence-electron chi connectivity index (χ3n) is 3.94. The lowest BCUT2D eigenvalue weighted by molar-refractivity contribution is 0.0593. The van der Waals surface area contributed by atoms with Crippen molar-refractivity contribution in [2.75, 3.05) is 20.0 Å². The number of rotatable bonds is 4. The Labute approximate surface area is 148 Å². The number of carbonyl (C=O) groups excluding carboxylic acids is 1. The van der Waals surface area contributed by atoms with Crippen LogP contribution in [0.1, 0.15) is 21.6 Å². The molecule has 0 aliphatic rings. The maximum atomic E-state index is 12.1. The smallest absolute Gasteiger partial charge is 0.357 e. The van der Waals surface area contributed by atoms with Crippen LogP contribution < -0.4 is 11.4 Å². The van der Waals surface area contributed by atoms with E-state index in [2.05, 4.69) is 0 Å². The Morgan fingerprint density at radius 2 is 2.12 bits per heavy atom. The summed E-state index contributed by atoms with van der Waals surface area (Å²) in [6, 6.07) is 8.35. The van der Waals surface area contributed by atoms with E-state index in [1.807, 2.05) is 6.07 Å². The Hall–Kier alpha value is -3.57. The van der Waals surface area contributed by atoms with Crippen LogP contribution in [0.15, 0.2) is 39.7 Å². The fraction of sp³-hybridized carbons (Fsp3) is 0.167. The average Bonchev–Trinajstić information content (AvgIpc) is 2.97. The minimum absolute atomic E-state index is 0.0223. The number of methoxy groups -OCH3 is 2. The minimum Gasteiger partial charge on any atom is -0.464 e. The lowest BCUT2D eigenvalue weighted by Gasteiger charge is -2.10. The van der Waals surface area contributed by atoms with Crippen LogP contribution in [-0.2, 0) is 16.1 Å². The van der Waals surface area contributed by atoms with Gasteiger partial charge in [0.15, 0.2) is 5.69 Å². The van der Waals surface area contributed by atoms with Gasteiger partial charge in [0.1, 0.15) is 11.7 Å². The summed E-state index contributed by atoms with van der Waals surface area (Å²) in [4.78, 5) is 23.9. The first-order chi connectivity index (χ1) is 12.5. The molecule has 0 saturated carbocycles. The molecule has 8 heteroatoms. The number of nitrogens with two attached hydrogens (primary N) is 1. The van der Waals surface area contributed by atoms with Crippen LogP contribution >= 0.6 is 0 Å². The molecule has 3 rings (SSSR count). The number of fused-ring (bicyclic) bond motifs is 1. The van der Waals surface area contributed by atoms with Crippen molar-refractivity contribution in [3.8, 4) is 11.8 Å². The van der Waals surface area contributed by atoms with Crippen molar-refractivity contribution in [3.63, 3.8) is 0 Å². The molecule has 0 amide bonds. The second-order valence-corrected chi connectivity index (χ2v) is 5.48. The van der Waals surface area contributed by atoms with E-state index < -0.39 is 11.6 Å². The van der Waals surface area contributed by atoms with Gasteiger partial charge in [-0.15, -0.1) is 0 Å². The maximum absolute atomic E-state index is 12.1. The largest absolute Gasteiger partial charge is 0.464 e. The summed E-state index contributed by atoms with van der Waals surface area (Å²) in [7, 11) is 2.76. The lowest BCUT2D eigenvalue weighted by Crippen LogP contribution is -2.11. The van der Waals surface area contributed by atoms with E-state index in [9.17, 15) is 14.9 Å². The van der Waals surface area contributed by atoms with Crippen LogP contribution in [0.25, 0.3) is 16.7 Å². The normalized spacial score (nSPS) is 10.7. The molecule has 0 aliphatic heterocycles. The number of nitriles is 1. The molecule has 1 aromatic carbocycles. The van der Waals surface area contributed by atoms with E-state index in [0.717, 1.165) is 0 Å². The Bertz CT molecular complexity index is 1100. The van der Waals surface area contributed by atoms with E-state index in [1.54, 1.807) is 18.2 Å². The zero-order valence-corrected chi connectivity index (χ0v) is 14.1. The van der Waals surface area contributed by atoms with Gasteiger partial charge in [0.05, 0.1) is 25.0 Å². The van der Waals surface area contributed by atoms with Gasteiger partial charge in [-0.2, -0.15) is 5.26 Å². The number of hydrogen-bond donors (Lipinski definition) is 1. The van der Waals surface area contributed by atoms with Crippen molar-refractivity contribution < 1.29 is 18.7 Å². The van der Waals surface area contributed by atoms with Gasteiger partial charge >= 0.3 is 11.6 Å². The van der Waals surface area contributed by atoms with Crippen molar-refractivity contribution >= 4 is 22.6 Å². The molecule has 0 spiro atoms. The highest BCUT2D eigenvalue weighted by molar-refractivity contribution is 5.96. The summed E-state index contributed by atoms with van der Waals surface area (Å²) in [6.07, 6.45) is 1.43. The van der Waals surface area contributed by atoms with E-state index >= 15 is 0 Å². The third-order valence-corrected chi connectivity index (χ3v) is 3.94. The molecule has 8 nitrogen and oxygen atoms in total. The van der Waals surface area contributed by atoms with Crippen molar-refractivity contribution in [3.05, 3.63) is 57.7 Å². The second kappa shape index (κ2) is 6.74. The summed E-state index contributed by atoms with van der Waals surface area (Å²) in [6.45, 7) is 0.254. The van der Waals surface area contributed by atoms with Gasteiger partial charge in [0.2, 0.25) is 0 Å². The van der Waals surface area contributed by atoms with E-state index in [4.69, 9.17) is 19.6 Å². The molecule has 0 unspecified atom stereocenters. The molecule has 0 aliphatic carbocycles. The third kappa shape index (κ3) is 2.81. The SMILES string of the molecule is COCc1cc(=O)oc2cc(-n3cc(C#N)c(N)c3C(=O)OC)ccc12. The average molecular weight is 353 g/mol. The van der Waals surface area contributed by atoms with Gasteiger partial charge < -0.3 is 24.2 Å². The maximum Gasteiger partial charge on any atom is 0.357 e. The number of hydrogen-bond acceptors (Lipinski definition) is 7. The number of benzene rings is 1. The Kier molecular flexibility index (Phi) is 4.47. The molecule has 26 heavy (non-hydrogen) atoms. The van der Waals surface area contributed by atoms with Crippen LogP contribution in [0.2, 0.25) is 0 Å². The van der Waals surface area contributed by atoms with Gasteiger partial charge in [-0.3, -0.25) is 0 Å². The Morgan fingerprint density at radius 1 is 1.35 bits per heavy atom. The van der Waals surface area contributed by atoms with Crippen LogP contribution in [0.3, 0.4) is 0 Å². The molecule has 0 fully saturated rings. The molecule has 2 heterocycles. The lowest BCUT2D eigenvalue weighted by atomic mass is 10.1. The molecule has 2 aromatic heterocycles. The van der Waals surface area contributed by atoms with Crippen LogP contribution in [0.5, 0.6) is 0 Å². The van der Waals surface area contributed by atoms with Gasteiger partial charge in [0.25, 0.3) is 0 Å². The number of carbonyl (C=O) groups is 1. The zero-order chi connectivity index (χ0) is 18.8. The first kappa shape index (κ1) is 17.3. The summed E-state index contributed by atoms with van der Waals surface area (Å²) < 4.78 is 16.6. The van der Waals surface area contributed by atoms with Crippen molar-refractivity contribution in [2.24, 2.45) is 0 Å². The fourth-order valence-electron chi connectivity index (χ4n) is 2.76. The van der Waals surface area contributed by atoms with E-state index in [0.29, 0.717) is 22.2 Å². The monoisotopic (exact) mass is 353 g/mol. The molecular weight excluding hydrogens is 338 g/mol. The molecule has 0 saturated heterocycles. The molecule has 3 aromatic rings. The quantitative estimate of drug-likeness (QED) is 0.562. The number of ether oxygens (including phenoxy) is 2. The minimum atomic E-state index is -0.682. The number of esters is 1. The molecule has 0 bridgehead atoms. The van der Waals surface area contributed by atoms with Crippen LogP contribution in [-0.4, -0.2) is 24.8 Å². The molecule has 132 valence electrons. The predicted molar refractivity (Wildman–Crippen MR) is 93.0 cm³/mol. The number of nitrogen functional groups attached to an aromatic ring is 1. The summed E-state index contributed by atoms with van der Waals surface area (Å²) in [5, 5.41) is 9.90. The van der Waals surface area contributed by atoms with Crippen molar-refractivity contribution in [2.45, 2.75) is 6.61 Å². The van der Waals surface area contributed by atoms with Crippen molar-refractivity contribution in [1.29, 1.82) is 5.26 Å². The highest BCUT2D eigenvalue weighted by atomic mass is 16.5. The summed E-state index contributed by atoms with van der Waals surface area (Å²) in [5.74, 6) is -0.682. The van der Waals surface area contributed by atoms with E-state index in [1.165, 1.54) is 31.0 Å². The zero-order valence-electron chi connectivity index (χ0n) is 14.1. The van der Waals surface area contributed by atoms with Gasteiger partial charge in [-0.25, -0.2) is 9.59 Å². The summed E-state index contributed by atoms with van der Waals surface area (Å²) in [5.41, 5.74) is 7.06. The van der Waals surface area contributed by atoms with Gasteiger partial charge in [-0.05, 0) is 17.7 Å². The van der Waals surface area contributed by atoms with Crippen molar-refractivity contribution in [1.82, 2.24) is 4.57 Å². The first-order valence-corrected chi connectivity index (χ1v) is 7.55. The number of anilines is 1. The van der Waals surface area contributed by atoms with Gasteiger partial charge in [-0.1, -0.05) is 0 Å². The standard InChI is InChI=1S/C18H15N3O5/c1-24-9-10-5-15(22)26-14-6-12(3-4-13(10)14)21-8-11(7-19)16(20)17(21)18(23)25-2/h3-6,8H,9,20H2,1-2H3. The molecular formula is C18H15N3O5. The Balaban J connectivity index is 2.26. The topological polar surface area (TPSA) is 120 Å². The van der Waals surface area contributed by atoms with E-state index in [-0.39, 0.29) is 23.6 Å². The predicted octanol–water partition coefficient (Wildman–Crippen LogP) is 1.97.